The Bertz CT molecular complexity index is 1050. The van der Waals surface area contributed by atoms with Crippen molar-refractivity contribution in [2.75, 3.05) is 18.4 Å². The van der Waals surface area contributed by atoms with Crippen LogP contribution in [0.3, 0.4) is 0 Å². The van der Waals surface area contributed by atoms with Gasteiger partial charge in [0.1, 0.15) is 5.82 Å². The van der Waals surface area contributed by atoms with Gasteiger partial charge in [0.2, 0.25) is 15.9 Å². The molecule has 0 atom stereocenters. The number of amides is 1. The predicted molar refractivity (Wildman–Crippen MR) is 107 cm³/mol. The van der Waals surface area contributed by atoms with Crippen molar-refractivity contribution in [1.82, 2.24) is 9.29 Å². The second-order valence-electron chi connectivity index (χ2n) is 7.09. The Hall–Kier alpha value is -2.85. The largest absolute Gasteiger partial charge is 0.310 e. The maximum atomic E-state index is 12.9. The van der Waals surface area contributed by atoms with Crippen molar-refractivity contribution in [2.24, 2.45) is 5.92 Å². The Morgan fingerprint density at radius 1 is 1.21 bits per heavy atom. The average molecular weight is 418 g/mol. The van der Waals surface area contributed by atoms with Gasteiger partial charge in [-0.3, -0.25) is 14.9 Å². The van der Waals surface area contributed by atoms with Crippen molar-refractivity contribution in [3.8, 4) is 0 Å². The first kappa shape index (κ1) is 20.9. The van der Waals surface area contributed by atoms with E-state index in [4.69, 9.17) is 0 Å². The molecule has 1 fully saturated rings. The number of piperidine rings is 1. The molecule has 2 aromatic rings. The number of nitrogens with zero attached hydrogens (tertiary/aromatic N) is 3. The molecule has 10 heteroatoms. The summed E-state index contributed by atoms with van der Waals surface area (Å²) >= 11 is 0. The van der Waals surface area contributed by atoms with Crippen LogP contribution in [0.1, 0.15) is 24.0 Å². The topological polar surface area (TPSA) is 123 Å². The average Bonchev–Trinajstić information content (AvgIpc) is 2.68. The van der Waals surface area contributed by atoms with E-state index in [2.05, 4.69) is 10.3 Å². The molecule has 0 bridgehead atoms. The highest BCUT2D eigenvalue weighted by atomic mass is 32.2. The molecule has 0 aliphatic carbocycles. The number of nitro groups is 1. The van der Waals surface area contributed by atoms with Crippen LogP contribution in [0.5, 0.6) is 0 Å². The highest BCUT2D eigenvalue weighted by Crippen LogP contribution is 2.28. The summed E-state index contributed by atoms with van der Waals surface area (Å²) in [5, 5.41) is 13.9. The number of anilines is 1. The fourth-order valence-electron chi connectivity index (χ4n) is 3.29. The van der Waals surface area contributed by atoms with Crippen molar-refractivity contribution in [1.29, 1.82) is 0 Å². The summed E-state index contributed by atoms with van der Waals surface area (Å²) < 4.78 is 27.0. The Morgan fingerprint density at radius 3 is 2.52 bits per heavy atom. The van der Waals surface area contributed by atoms with Gasteiger partial charge >= 0.3 is 0 Å². The molecule has 1 saturated heterocycles. The molecule has 154 valence electrons. The van der Waals surface area contributed by atoms with Crippen LogP contribution in [0.4, 0.5) is 11.5 Å². The second kappa shape index (κ2) is 8.26. The van der Waals surface area contributed by atoms with E-state index in [9.17, 15) is 23.3 Å². The lowest BCUT2D eigenvalue weighted by Crippen LogP contribution is -2.41. The summed E-state index contributed by atoms with van der Waals surface area (Å²) in [6.45, 7) is 3.80. The summed E-state index contributed by atoms with van der Waals surface area (Å²) in [6, 6.07) is 7.49. The molecular formula is C19H22N4O5S. The Balaban J connectivity index is 1.67. The second-order valence-corrected chi connectivity index (χ2v) is 9.03. The number of sulfonamides is 1. The van der Waals surface area contributed by atoms with Crippen molar-refractivity contribution in [3.05, 3.63) is 57.8 Å². The molecule has 3 rings (SSSR count). The van der Waals surface area contributed by atoms with Gasteiger partial charge in [0, 0.05) is 36.8 Å². The number of carbonyl (C=O) groups excluding carboxylic acids is 1. The highest BCUT2D eigenvalue weighted by molar-refractivity contribution is 7.89. The molecule has 1 aromatic carbocycles. The van der Waals surface area contributed by atoms with Crippen molar-refractivity contribution >= 4 is 27.4 Å². The van der Waals surface area contributed by atoms with E-state index in [1.165, 1.54) is 16.4 Å². The van der Waals surface area contributed by atoms with Crippen molar-refractivity contribution in [3.63, 3.8) is 0 Å². The van der Waals surface area contributed by atoms with Gasteiger partial charge in [0.05, 0.1) is 9.82 Å². The standard InChI is InChI=1S/C19H22N4O5S/c1-13-5-8-20-18(11-13)21-19(24)15-6-9-22(10-7-15)29(27,28)16-4-3-14(2)17(12-16)23(25)26/h3-5,8,11-12,15H,6-7,9-10H2,1-2H3,(H,20,21,24). The minimum absolute atomic E-state index is 0.110. The van der Waals surface area contributed by atoms with E-state index in [1.807, 2.05) is 13.0 Å². The molecule has 1 aliphatic rings. The van der Waals surface area contributed by atoms with Crippen molar-refractivity contribution < 1.29 is 18.1 Å². The number of nitro benzene ring substituents is 1. The summed E-state index contributed by atoms with van der Waals surface area (Å²) in [7, 11) is -3.86. The summed E-state index contributed by atoms with van der Waals surface area (Å²) in [4.78, 5) is 27.0. The van der Waals surface area contributed by atoms with Gasteiger partial charge in [-0.15, -0.1) is 0 Å². The van der Waals surface area contributed by atoms with Crippen LogP contribution in [0, 0.1) is 29.9 Å². The van der Waals surface area contributed by atoms with Crippen LogP contribution in [-0.4, -0.2) is 41.6 Å². The van der Waals surface area contributed by atoms with Crippen LogP contribution in [0.2, 0.25) is 0 Å². The first-order valence-electron chi connectivity index (χ1n) is 9.17. The minimum Gasteiger partial charge on any atom is -0.310 e. The molecule has 0 spiro atoms. The number of aromatic nitrogens is 1. The Labute approximate surface area is 169 Å². The van der Waals surface area contributed by atoms with Gasteiger partial charge in [-0.2, -0.15) is 4.31 Å². The molecule has 9 nitrogen and oxygen atoms in total. The third kappa shape index (κ3) is 4.60. The molecule has 1 N–H and O–H groups in total. The van der Waals surface area contributed by atoms with E-state index in [0.29, 0.717) is 24.2 Å². The number of hydrogen-bond acceptors (Lipinski definition) is 6. The zero-order valence-electron chi connectivity index (χ0n) is 16.2. The first-order valence-corrected chi connectivity index (χ1v) is 10.6. The number of pyridine rings is 1. The van der Waals surface area contributed by atoms with Crippen LogP contribution in [0.25, 0.3) is 0 Å². The van der Waals surface area contributed by atoms with E-state index in [0.717, 1.165) is 11.6 Å². The van der Waals surface area contributed by atoms with E-state index in [-0.39, 0.29) is 35.5 Å². The number of hydrogen-bond donors (Lipinski definition) is 1. The van der Waals surface area contributed by atoms with Gasteiger partial charge < -0.3 is 5.32 Å². The van der Waals surface area contributed by atoms with Gasteiger partial charge in [0.15, 0.2) is 0 Å². The summed E-state index contributed by atoms with van der Waals surface area (Å²) in [5.74, 6) is -0.0424. The fraction of sp³-hybridized carbons (Fsp3) is 0.368. The van der Waals surface area contributed by atoms with Crippen molar-refractivity contribution in [2.45, 2.75) is 31.6 Å². The van der Waals surface area contributed by atoms with Gasteiger partial charge in [0.25, 0.3) is 5.69 Å². The van der Waals surface area contributed by atoms with E-state index < -0.39 is 14.9 Å². The SMILES string of the molecule is Cc1ccnc(NC(=O)C2CCN(S(=O)(=O)c3ccc(C)c([N+](=O)[O-])c3)CC2)c1. The fourth-order valence-corrected chi connectivity index (χ4v) is 4.78. The number of benzene rings is 1. The minimum atomic E-state index is -3.86. The molecule has 0 unspecified atom stereocenters. The molecule has 1 amide bonds. The highest BCUT2D eigenvalue weighted by Gasteiger charge is 2.33. The lowest BCUT2D eigenvalue weighted by atomic mass is 9.97. The first-order chi connectivity index (χ1) is 13.7. The van der Waals surface area contributed by atoms with Gasteiger partial charge in [-0.1, -0.05) is 6.07 Å². The lowest BCUT2D eigenvalue weighted by molar-refractivity contribution is -0.385. The molecule has 0 radical (unpaired) electrons. The maximum Gasteiger partial charge on any atom is 0.273 e. The molecule has 2 heterocycles. The summed E-state index contributed by atoms with van der Waals surface area (Å²) in [6.07, 6.45) is 2.34. The normalized spacial score (nSPS) is 15.8. The van der Waals surface area contributed by atoms with E-state index in [1.54, 1.807) is 19.2 Å². The lowest BCUT2D eigenvalue weighted by Gasteiger charge is -2.30. The zero-order valence-corrected chi connectivity index (χ0v) is 17.0. The molecule has 29 heavy (non-hydrogen) atoms. The van der Waals surface area contributed by atoms with Crippen LogP contribution < -0.4 is 5.32 Å². The molecule has 1 aliphatic heterocycles. The summed E-state index contributed by atoms with van der Waals surface area (Å²) in [5.41, 5.74) is 1.14. The number of carbonyl (C=O) groups is 1. The predicted octanol–water partition coefficient (Wildman–Crippen LogP) is 2.65. The molecular weight excluding hydrogens is 396 g/mol. The van der Waals surface area contributed by atoms with Crippen LogP contribution >= 0.6 is 0 Å². The monoisotopic (exact) mass is 418 g/mol. The number of aryl methyl sites for hydroxylation is 2. The third-order valence-electron chi connectivity index (χ3n) is 5.01. The van der Waals surface area contributed by atoms with Gasteiger partial charge in [-0.25, -0.2) is 13.4 Å². The number of rotatable bonds is 5. The third-order valence-corrected chi connectivity index (χ3v) is 6.90. The van der Waals surface area contributed by atoms with Crippen LogP contribution in [0.15, 0.2) is 41.4 Å². The number of nitrogens with one attached hydrogen (secondary N) is 1. The van der Waals surface area contributed by atoms with Crippen LogP contribution in [-0.2, 0) is 14.8 Å². The zero-order chi connectivity index (χ0) is 21.2. The quantitative estimate of drug-likeness (QED) is 0.588. The molecule has 0 saturated carbocycles. The Kier molecular flexibility index (Phi) is 5.94. The van der Waals surface area contributed by atoms with Gasteiger partial charge in [-0.05, 0) is 50.5 Å². The smallest absolute Gasteiger partial charge is 0.273 e. The Morgan fingerprint density at radius 2 is 1.90 bits per heavy atom. The maximum absolute atomic E-state index is 12.9. The molecule has 1 aromatic heterocycles. The van der Waals surface area contributed by atoms with E-state index >= 15 is 0 Å².